The maximum Gasteiger partial charge on any atom is 0.472 e. The maximum absolute atomic E-state index is 12.1. The van der Waals surface area contributed by atoms with Gasteiger partial charge in [-0.25, -0.2) is 4.57 Å². The standard InChI is InChI=1S/C27H48NO9P/c1-2-3-4-5-6-7-8-9-10-11-12-13-14-15-16-19-26(29)35-22-25-24(18-17-20-34-25)37-38(32,33)36-21-23(28)27(30)31/h9-10,17-18,23-25H,2-8,11-16,19-22,28H2,1H3,(H,30,31)(H,32,33)/t23-,24-,25+/m0/s1. The number of carbonyl (C=O) groups excluding carboxylic acids is 1. The highest BCUT2D eigenvalue weighted by Crippen LogP contribution is 2.45. The van der Waals surface area contributed by atoms with E-state index >= 15 is 0 Å². The van der Waals surface area contributed by atoms with E-state index in [1.165, 1.54) is 51.0 Å². The molecule has 1 rings (SSSR count). The van der Waals surface area contributed by atoms with E-state index in [0.717, 1.165) is 38.5 Å². The first-order valence-corrected chi connectivity index (χ1v) is 15.5. The summed E-state index contributed by atoms with van der Waals surface area (Å²) in [5.74, 6) is -1.74. The molecule has 11 heteroatoms. The minimum absolute atomic E-state index is 0.145. The Morgan fingerprint density at radius 3 is 2.29 bits per heavy atom. The Morgan fingerprint density at radius 1 is 1.05 bits per heavy atom. The number of unbranched alkanes of at least 4 members (excludes halogenated alkanes) is 11. The maximum atomic E-state index is 12.1. The molecule has 0 saturated heterocycles. The Bertz CT molecular complexity index is 759. The molecular formula is C27H48NO9P. The summed E-state index contributed by atoms with van der Waals surface area (Å²) in [6.45, 7) is 1.63. The molecule has 38 heavy (non-hydrogen) atoms. The van der Waals surface area contributed by atoms with Crippen LogP contribution in [0.5, 0.6) is 0 Å². The van der Waals surface area contributed by atoms with Gasteiger partial charge in [0.05, 0.1) is 13.2 Å². The molecule has 0 saturated carbocycles. The second kappa shape index (κ2) is 21.3. The number of allylic oxidation sites excluding steroid dienone is 2. The van der Waals surface area contributed by atoms with E-state index < -0.39 is 38.6 Å². The third kappa shape index (κ3) is 17.9. The molecule has 1 aliphatic heterocycles. The van der Waals surface area contributed by atoms with Crippen LogP contribution >= 0.6 is 7.82 Å². The van der Waals surface area contributed by atoms with Crippen molar-refractivity contribution in [3.05, 3.63) is 24.3 Å². The summed E-state index contributed by atoms with van der Waals surface area (Å²) in [5.41, 5.74) is 5.27. The van der Waals surface area contributed by atoms with Gasteiger partial charge in [0.1, 0.15) is 24.9 Å². The smallest absolute Gasteiger partial charge is 0.472 e. The zero-order valence-electron chi connectivity index (χ0n) is 22.8. The van der Waals surface area contributed by atoms with Gasteiger partial charge in [0.2, 0.25) is 0 Å². The Morgan fingerprint density at radius 2 is 1.66 bits per heavy atom. The molecule has 1 heterocycles. The van der Waals surface area contributed by atoms with Crippen LogP contribution in [-0.2, 0) is 32.7 Å². The summed E-state index contributed by atoms with van der Waals surface area (Å²) in [4.78, 5) is 32.7. The largest absolute Gasteiger partial charge is 0.480 e. The number of carboxylic acid groups (broad SMARTS) is 1. The highest BCUT2D eigenvalue weighted by Gasteiger charge is 2.34. The minimum Gasteiger partial charge on any atom is -0.480 e. The van der Waals surface area contributed by atoms with Crippen LogP contribution in [0.4, 0.5) is 0 Å². The van der Waals surface area contributed by atoms with Crippen LogP contribution in [0, 0.1) is 0 Å². The predicted molar refractivity (Wildman–Crippen MR) is 146 cm³/mol. The Kier molecular flexibility index (Phi) is 19.3. The van der Waals surface area contributed by atoms with Gasteiger partial charge < -0.3 is 25.2 Å². The zero-order valence-corrected chi connectivity index (χ0v) is 23.7. The Hall–Kier alpha value is -1.55. The van der Waals surface area contributed by atoms with Crippen molar-refractivity contribution < 1.29 is 42.7 Å². The summed E-state index contributed by atoms with van der Waals surface area (Å²) < 4.78 is 32.6. The molecule has 1 unspecified atom stereocenters. The van der Waals surface area contributed by atoms with Crippen molar-refractivity contribution in [3.63, 3.8) is 0 Å². The van der Waals surface area contributed by atoms with Crippen LogP contribution in [0.2, 0.25) is 0 Å². The normalized spacial score (nSPS) is 19.9. The van der Waals surface area contributed by atoms with Gasteiger partial charge in [-0.2, -0.15) is 0 Å². The lowest BCUT2D eigenvalue weighted by atomic mass is 10.1. The predicted octanol–water partition coefficient (Wildman–Crippen LogP) is 5.44. The molecule has 0 aliphatic carbocycles. The number of ether oxygens (including phenoxy) is 2. The van der Waals surface area contributed by atoms with Gasteiger partial charge in [-0.05, 0) is 32.1 Å². The van der Waals surface area contributed by atoms with Crippen LogP contribution < -0.4 is 5.73 Å². The quantitative estimate of drug-likeness (QED) is 0.0636. The summed E-state index contributed by atoms with van der Waals surface area (Å²) in [6.07, 6.45) is 21.5. The van der Waals surface area contributed by atoms with Crippen molar-refractivity contribution in [2.75, 3.05) is 19.8 Å². The number of rotatable bonds is 23. The lowest BCUT2D eigenvalue weighted by Crippen LogP contribution is -2.38. The SMILES string of the molecule is CCCCCCCCC=CCCCCCCCC(=O)OC[C@H]1OCC=C[C@@H]1OP(=O)(O)OC[C@H](N)C(=O)O. The van der Waals surface area contributed by atoms with Crippen LogP contribution in [0.3, 0.4) is 0 Å². The van der Waals surface area contributed by atoms with Gasteiger partial charge in [-0.1, -0.05) is 82.6 Å². The molecule has 10 nitrogen and oxygen atoms in total. The summed E-state index contributed by atoms with van der Waals surface area (Å²) in [5, 5.41) is 8.75. The summed E-state index contributed by atoms with van der Waals surface area (Å²) >= 11 is 0. The molecule has 0 radical (unpaired) electrons. The molecule has 4 atom stereocenters. The van der Waals surface area contributed by atoms with Crippen LogP contribution in [-0.4, -0.2) is 60.0 Å². The monoisotopic (exact) mass is 561 g/mol. The van der Waals surface area contributed by atoms with Gasteiger partial charge >= 0.3 is 19.8 Å². The minimum atomic E-state index is -4.60. The number of esters is 1. The first-order chi connectivity index (χ1) is 18.2. The van der Waals surface area contributed by atoms with Crippen molar-refractivity contribution in [1.29, 1.82) is 0 Å². The second-order valence-electron chi connectivity index (χ2n) is 9.60. The number of hydrogen-bond donors (Lipinski definition) is 3. The molecule has 0 aromatic rings. The third-order valence-electron chi connectivity index (χ3n) is 6.14. The third-order valence-corrected chi connectivity index (χ3v) is 7.12. The van der Waals surface area contributed by atoms with E-state index in [9.17, 15) is 19.0 Å². The van der Waals surface area contributed by atoms with Crippen molar-refractivity contribution in [2.24, 2.45) is 5.73 Å². The molecule has 0 spiro atoms. The number of phosphoric acid groups is 1. The molecule has 0 bridgehead atoms. The van der Waals surface area contributed by atoms with Crippen LogP contribution in [0.15, 0.2) is 24.3 Å². The second-order valence-corrected chi connectivity index (χ2v) is 11.0. The number of phosphoric ester groups is 1. The van der Waals surface area contributed by atoms with Crippen molar-refractivity contribution in [2.45, 2.75) is 115 Å². The summed E-state index contributed by atoms with van der Waals surface area (Å²) in [6, 6.07) is -1.47. The van der Waals surface area contributed by atoms with Gasteiger partial charge in [0, 0.05) is 6.42 Å². The van der Waals surface area contributed by atoms with Crippen molar-refractivity contribution in [1.82, 2.24) is 0 Å². The number of hydrogen-bond acceptors (Lipinski definition) is 8. The molecule has 1 aliphatic rings. The Balaban J connectivity index is 2.12. The van der Waals surface area contributed by atoms with Crippen molar-refractivity contribution in [3.8, 4) is 0 Å². The first-order valence-electron chi connectivity index (χ1n) is 14.0. The fourth-order valence-corrected chi connectivity index (χ4v) is 4.77. The van der Waals surface area contributed by atoms with E-state index in [2.05, 4.69) is 23.6 Å². The van der Waals surface area contributed by atoms with E-state index in [1.54, 1.807) is 6.08 Å². The number of nitrogens with two attached hydrogens (primary N) is 1. The van der Waals surface area contributed by atoms with E-state index in [0.29, 0.717) is 6.42 Å². The molecule has 0 aromatic heterocycles. The van der Waals surface area contributed by atoms with Gasteiger partial charge in [-0.3, -0.25) is 18.6 Å². The van der Waals surface area contributed by atoms with Crippen molar-refractivity contribution >= 4 is 19.8 Å². The number of carbonyl (C=O) groups is 2. The Labute approximate surface area is 227 Å². The summed E-state index contributed by atoms with van der Waals surface area (Å²) in [7, 11) is -4.60. The van der Waals surface area contributed by atoms with Crippen LogP contribution in [0.1, 0.15) is 96.8 Å². The lowest BCUT2D eigenvalue weighted by Gasteiger charge is -2.28. The molecular weight excluding hydrogens is 513 g/mol. The fraction of sp³-hybridized carbons (Fsp3) is 0.778. The van der Waals surface area contributed by atoms with E-state index in [-0.39, 0.29) is 19.2 Å². The van der Waals surface area contributed by atoms with E-state index in [1.807, 2.05) is 0 Å². The molecule has 220 valence electrons. The fourth-order valence-electron chi connectivity index (χ4n) is 3.85. The number of carboxylic acids is 1. The van der Waals surface area contributed by atoms with E-state index in [4.69, 9.17) is 24.8 Å². The molecule has 0 aromatic carbocycles. The van der Waals surface area contributed by atoms with Crippen LogP contribution in [0.25, 0.3) is 0 Å². The zero-order chi connectivity index (χ0) is 28.1. The molecule has 0 fully saturated rings. The lowest BCUT2D eigenvalue weighted by molar-refractivity contribution is -0.150. The van der Waals surface area contributed by atoms with Gasteiger partial charge in [0.25, 0.3) is 0 Å². The average molecular weight is 562 g/mol. The highest BCUT2D eigenvalue weighted by atomic mass is 31.2. The first kappa shape index (κ1) is 34.5. The molecule has 0 amide bonds. The molecule has 4 N–H and O–H groups in total. The van der Waals surface area contributed by atoms with Gasteiger partial charge in [0.15, 0.2) is 0 Å². The van der Waals surface area contributed by atoms with Gasteiger partial charge in [-0.15, -0.1) is 0 Å². The number of aliphatic carboxylic acids is 1. The average Bonchev–Trinajstić information content (AvgIpc) is 2.88. The topological polar surface area (TPSA) is 155 Å². The highest BCUT2D eigenvalue weighted by molar-refractivity contribution is 7.47.